The maximum atomic E-state index is 12.7. The number of hydrogen-bond donors (Lipinski definition) is 1. The van der Waals surface area contributed by atoms with E-state index in [1.54, 1.807) is 13.0 Å². The third-order valence-electron chi connectivity index (χ3n) is 3.70. The lowest BCUT2D eigenvalue weighted by molar-refractivity contribution is 0.102. The second-order valence-corrected chi connectivity index (χ2v) is 7.51. The molecule has 9 heteroatoms. The van der Waals surface area contributed by atoms with Crippen molar-refractivity contribution in [2.45, 2.75) is 39.3 Å². The highest BCUT2D eigenvalue weighted by molar-refractivity contribution is 7.99. The summed E-state index contributed by atoms with van der Waals surface area (Å²) in [7, 11) is 1.35. The van der Waals surface area contributed by atoms with Gasteiger partial charge in [0.1, 0.15) is 22.2 Å². The molecule has 2 N–H and O–H groups in total. The van der Waals surface area contributed by atoms with Crippen LogP contribution in [0.4, 0.5) is 5.82 Å². The van der Waals surface area contributed by atoms with E-state index >= 15 is 0 Å². The average molecular weight is 377 g/mol. The quantitative estimate of drug-likeness (QED) is 0.457. The van der Waals surface area contributed by atoms with Crippen LogP contribution in [0.3, 0.4) is 0 Å². The molecule has 0 saturated heterocycles. The first-order valence-electron chi connectivity index (χ1n) is 8.19. The topological polar surface area (TPSA) is 113 Å². The Kier molecular flexibility index (Phi) is 6.01. The number of aryl methyl sites for hydroxylation is 2. The van der Waals surface area contributed by atoms with Crippen LogP contribution >= 0.6 is 11.8 Å². The van der Waals surface area contributed by atoms with Crippen molar-refractivity contribution in [3.8, 4) is 0 Å². The van der Waals surface area contributed by atoms with E-state index in [4.69, 9.17) is 5.73 Å². The predicted molar refractivity (Wildman–Crippen MR) is 102 cm³/mol. The maximum absolute atomic E-state index is 12.7. The molecular formula is C17H23N5O3S. The molecule has 0 bridgehead atoms. The molecule has 0 aliphatic carbocycles. The van der Waals surface area contributed by atoms with Crippen LogP contribution in [0.2, 0.25) is 0 Å². The highest BCUT2D eigenvalue weighted by atomic mass is 32.2. The lowest BCUT2D eigenvalue weighted by atomic mass is 10.2. The molecule has 0 aromatic carbocycles. The number of thioether (sulfide) groups is 1. The molecule has 2 heterocycles. The minimum absolute atomic E-state index is 0.00475. The standard InChI is InChI=1S/C17H23N5O3S/c1-9(2)7-22-15(18)14(16(24)21(5)17(22)25)12(23)8-26-13-6-10(3)19-11(4)20-13/h6,9H,7-8,18H2,1-5H3. The normalized spacial score (nSPS) is 11.2. The minimum Gasteiger partial charge on any atom is -0.384 e. The molecule has 26 heavy (non-hydrogen) atoms. The van der Waals surface area contributed by atoms with Gasteiger partial charge in [-0.25, -0.2) is 14.8 Å². The molecule has 140 valence electrons. The second-order valence-electron chi connectivity index (χ2n) is 6.52. The van der Waals surface area contributed by atoms with E-state index in [1.807, 2.05) is 20.8 Å². The largest absolute Gasteiger partial charge is 0.384 e. The first kappa shape index (κ1) is 19.9. The van der Waals surface area contributed by atoms with E-state index in [0.29, 0.717) is 17.4 Å². The zero-order valence-electron chi connectivity index (χ0n) is 15.6. The van der Waals surface area contributed by atoms with E-state index in [2.05, 4.69) is 9.97 Å². The number of rotatable bonds is 6. The first-order valence-corrected chi connectivity index (χ1v) is 9.18. The van der Waals surface area contributed by atoms with Crippen molar-refractivity contribution in [1.29, 1.82) is 0 Å². The van der Waals surface area contributed by atoms with Gasteiger partial charge in [0.25, 0.3) is 5.56 Å². The number of anilines is 1. The molecule has 0 saturated carbocycles. The van der Waals surface area contributed by atoms with E-state index < -0.39 is 17.0 Å². The molecule has 2 rings (SSSR count). The molecule has 0 aliphatic rings. The summed E-state index contributed by atoms with van der Waals surface area (Å²) >= 11 is 1.21. The lowest BCUT2D eigenvalue weighted by Gasteiger charge is -2.16. The van der Waals surface area contributed by atoms with Crippen LogP contribution in [0.5, 0.6) is 0 Å². The average Bonchev–Trinajstić information content (AvgIpc) is 2.54. The van der Waals surface area contributed by atoms with Crippen molar-refractivity contribution in [3.63, 3.8) is 0 Å². The van der Waals surface area contributed by atoms with Gasteiger partial charge in [-0.1, -0.05) is 25.6 Å². The Morgan fingerprint density at radius 2 is 1.92 bits per heavy atom. The van der Waals surface area contributed by atoms with Gasteiger partial charge in [-0.05, 0) is 25.8 Å². The summed E-state index contributed by atoms with van der Waals surface area (Å²) in [6.07, 6.45) is 0. The Morgan fingerprint density at radius 1 is 1.27 bits per heavy atom. The summed E-state index contributed by atoms with van der Waals surface area (Å²) in [6.45, 7) is 7.79. The van der Waals surface area contributed by atoms with Gasteiger partial charge in [-0.3, -0.25) is 18.7 Å². The van der Waals surface area contributed by atoms with Crippen LogP contribution in [0.25, 0.3) is 0 Å². The zero-order valence-corrected chi connectivity index (χ0v) is 16.4. The molecular weight excluding hydrogens is 354 g/mol. The number of hydrogen-bond acceptors (Lipinski definition) is 7. The van der Waals surface area contributed by atoms with Crippen LogP contribution in [-0.4, -0.2) is 30.6 Å². The smallest absolute Gasteiger partial charge is 0.332 e. The number of ketones is 1. The Bertz CT molecular complexity index is 942. The van der Waals surface area contributed by atoms with Crippen molar-refractivity contribution in [1.82, 2.24) is 19.1 Å². The molecule has 0 atom stereocenters. The van der Waals surface area contributed by atoms with Gasteiger partial charge in [0.15, 0.2) is 5.78 Å². The Labute approximate surface area is 155 Å². The summed E-state index contributed by atoms with van der Waals surface area (Å²) in [6, 6.07) is 1.77. The fourth-order valence-corrected chi connectivity index (χ4v) is 3.43. The van der Waals surface area contributed by atoms with Gasteiger partial charge in [0, 0.05) is 19.3 Å². The Hall–Kier alpha value is -2.42. The third kappa shape index (κ3) is 4.21. The number of carbonyl (C=O) groups excluding carboxylic acids is 1. The second kappa shape index (κ2) is 7.86. The molecule has 2 aromatic rings. The molecule has 0 spiro atoms. The van der Waals surface area contributed by atoms with Crippen molar-refractivity contribution < 1.29 is 4.79 Å². The van der Waals surface area contributed by atoms with Crippen molar-refractivity contribution in [3.05, 3.63) is 44.0 Å². The van der Waals surface area contributed by atoms with E-state index in [9.17, 15) is 14.4 Å². The Morgan fingerprint density at radius 3 is 2.50 bits per heavy atom. The van der Waals surface area contributed by atoms with Crippen molar-refractivity contribution in [2.75, 3.05) is 11.5 Å². The van der Waals surface area contributed by atoms with Gasteiger partial charge in [0.05, 0.1) is 5.75 Å². The van der Waals surface area contributed by atoms with Gasteiger partial charge >= 0.3 is 5.69 Å². The summed E-state index contributed by atoms with van der Waals surface area (Å²) in [5.41, 5.74) is 5.47. The highest BCUT2D eigenvalue weighted by Crippen LogP contribution is 2.18. The zero-order chi connectivity index (χ0) is 19.6. The number of nitrogens with two attached hydrogens (primary N) is 1. The van der Waals surface area contributed by atoms with Crippen LogP contribution in [0.1, 0.15) is 35.7 Å². The highest BCUT2D eigenvalue weighted by Gasteiger charge is 2.22. The fraction of sp³-hybridized carbons (Fsp3) is 0.471. The monoisotopic (exact) mass is 377 g/mol. The van der Waals surface area contributed by atoms with Gasteiger partial charge in [-0.15, -0.1) is 0 Å². The van der Waals surface area contributed by atoms with Crippen LogP contribution in [-0.2, 0) is 13.6 Å². The number of carbonyl (C=O) groups is 1. The van der Waals surface area contributed by atoms with Crippen molar-refractivity contribution >= 4 is 23.4 Å². The summed E-state index contributed by atoms with van der Waals surface area (Å²) in [5, 5.41) is 0.647. The number of nitrogens with zero attached hydrogens (tertiary/aromatic N) is 4. The maximum Gasteiger partial charge on any atom is 0.332 e. The first-order chi connectivity index (χ1) is 12.1. The van der Waals surface area contributed by atoms with E-state index in [-0.39, 0.29) is 23.1 Å². The van der Waals surface area contributed by atoms with Gasteiger partial charge < -0.3 is 5.73 Å². The minimum atomic E-state index is -0.673. The molecule has 0 fully saturated rings. The molecule has 0 amide bonds. The van der Waals surface area contributed by atoms with Gasteiger partial charge in [-0.2, -0.15) is 0 Å². The summed E-state index contributed by atoms with van der Waals surface area (Å²) in [4.78, 5) is 45.8. The molecule has 0 unspecified atom stereocenters. The summed E-state index contributed by atoms with van der Waals surface area (Å²) in [5.74, 6) is 0.236. The number of aromatic nitrogens is 4. The molecule has 2 aromatic heterocycles. The fourth-order valence-electron chi connectivity index (χ4n) is 2.56. The van der Waals surface area contributed by atoms with Crippen LogP contribution in [0.15, 0.2) is 20.7 Å². The van der Waals surface area contributed by atoms with Crippen LogP contribution < -0.4 is 17.0 Å². The van der Waals surface area contributed by atoms with E-state index in [1.165, 1.54) is 23.4 Å². The van der Waals surface area contributed by atoms with Crippen LogP contribution in [0, 0.1) is 19.8 Å². The van der Waals surface area contributed by atoms with Crippen molar-refractivity contribution in [2.24, 2.45) is 13.0 Å². The predicted octanol–water partition coefficient (Wildman–Crippen LogP) is 1.17. The molecule has 0 radical (unpaired) electrons. The molecule has 8 nitrogen and oxygen atoms in total. The van der Waals surface area contributed by atoms with E-state index in [0.717, 1.165) is 10.3 Å². The van der Waals surface area contributed by atoms with Gasteiger partial charge in [0.2, 0.25) is 0 Å². The SMILES string of the molecule is Cc1cc(SCC(=O)c2c(N)n(CC(C)C)c(=O)n(C)c2=O)nc(C)n1. The third-order valence-corrected chi connectivity index (χ3v) is 4.61. The summed E-state index contributed by atoms with van der Waals surface area (Å²) < 4.78 is 2.21. The molecule has 0 aliphatic heterocycles. The number of Topliss-reactive ketones (excluding diaryl/α,β-unsaturated/α-hetero) is 1. The lowest BCUT2D eigenvalue weighted by Crippen LogP contribution is -2.43. The Balaban J connectivity index is 2.37. The number of nitrogen functional groups attached to an aromatic ring is 1.